The Morgan fingerprint density at radius 1 is 1.43 bits per heavy atom. The second kappa shape index (κ2) is 4.56. The van der Waals surface area contributed by atoms with Gasteiger partial charge in [-0.2, -0.15) is 0 Å². The lowest BCUT2D eigenvalue weighted by molar-refractivity contribution is 1.46. The van der Waals surface area contributed by atoms with Crippen LogP contribution in [0.3, 0.4) is 0 Å². The SMILES string of the molecule is CSc1c(Br)sc2ccc(CBr)cc12. The fraction of sp³-hybridized carbons (Fsp3) is 0.200. The van der Waals surface area contributed by atoms with Crippen molar-refractivity contribution in [3.8, 4) is 0 Å². The van der Waals surface area contributed by atoms with Crippen LogP contribution in [0.5, 0.6) is 0 Å². The molecule has 4 heteroatoms. The Morgan fingerprint density at radius 2 is 2.21 bits per heavy atom. The van der Waals surface area contributed by atoms with Crippen molar-refractivity contribution in [2.24, 2.45) is 0 Å². The van der Waals surface area contributed by atoms with Gasteiger partial charge >= 0.3 is 0 Å². The van der Waals surface area contributed by atoms with Gasteiger partial charge in [-0.3, -0.25) is 0 Å². The molecule has 0 aliphatic heterocycles. The molecule has 0 aliphatic rings. The summed E-state index contributed by atoms with van der Waals surface area (Å²) in [5, 5.41) is 2.29. The van der Waals surface area contributed by atoms with Crippen molar-refractivity contribution in [2.75, 3.05) is 6.26 Å². The van der Waals surface area contributed by atoms with E-state index in [-0.39, 0.29) is 0 Å². The molecule has 0 radical (unpaired) electrons. The van der Waals surface area contributed by atoms with Crippen LogP contribution in [0.25, 0.3) is 10.1 Å². The summed E-state index contributed by atoms with van der Waals surface area (Å²) < 4.78 is 2.60. The first-order valence-corrected chi connectivity index (χ1v) is 8.02. The summed E-state index contributed by atoms with van der Waals surface area (Å²) in [7, 11) is 0. The van der Waals surface area contributed by atoms with Crippen LogP contribution in [0, 0.1) is 0 Å². The van der Waals surface area contributed by atoms with Crippen LogP contribution in [-0.2, 0) is 5.33 Å². The maximum Gasteiger partial charge on any atom is 0.0846 e. The minimum absolute atomic E-state index is 0.921. The van der Waals surface area contributed by atoms with E-state index in [0.717, 1.165) is 5.33 Å². The van der Waals surface area contributed by atoms with Crippen molar-refractivity contribution in [3.63, 3.8) is 0 Å². The standard InChI is InChI=1S/C10H8Br2S2/c1-13-9-7-4-6(5-11)2-3-8(7)14-10(9)12/h2-4H,5H2,1H3. The van der Waals surface area contributed by atoms with Crippen molar-refractivity contribution < 1.29 is 0 Å². The van der Waals surface area contributed by atoms with Gasteiger partial charge in [0.15, 0.2) is 0 Å². The van der Waals surface area contributed by atoms with Crippen molar-refractivity contribution in [2.45, 2.75) is 10.2 Å². The monoisotopic (exact) mass is 350 g/mol. The van der Waals surface area contributed by atoms with Gasteiger partial charge in [0.25, 0.3) is 0 Å². The summed E-state index contributed by atoms with van der Waals surface area (Å²) in [6.07, 6.45) is 2.12. The molecule has 0 aliphatic carbocycles. The smallest absolute Gasteiger partial charge is 0.0846 e. The molecule has 0 fully saturated rings. The maximum absolute atomic E-state index is 3.60. The topological polar surface area (TPSA) is 0 Å². The first kappa shape index (κ1) is 11.0. The van der Waals surface area contributed by atoms with E-state index in [4.69, 9.17) is 0 Å². The molecule has 0 unspecified atom stereocenters. The van der Waals surface area contributed by atoms with E-state index >= 15 is 0 Å². The summed E-state index contributed by atoms with van der Waals surface area (Å²) in [4.78, 5) is 1.35. The molecular weight excluding hydrogens is 344 g/mol. The van der Waals surface area contributed by atoms with Gasteiger partial charge in [0.05, 0.1) is 3.79 Å². The van der Waals surface area contributed by atoms with Crippen molar-refractivity contribution in [1.82, 2.24) is 0 Å². The molecule has 0 amide bonds. The number of fused-ring (bicyclic) bond motifs is 1. The molecule has 0 nitrogen and oxygen atoms in total. The van der Waals surface area contributed by atoms with E-state index < -0.39 is 0 Å². The summed E-state index contributed by atoms with van der Waals surface area (Å²) in [6.45, 7) is 0. The average molecular weight is 352 g/mol. The zero-order chi connectivity index (χ0) is 10.1. The van der Waals surface area contributed by atoms with Crippen molar-refractivity contribution in [3.05, 3.63) is 27.5 Å². The molecule has 74 valence electrons. The number of alkyl halides is 1. The summed E-state index contributed by atoms with van der Waals surface area (Å²) in [6, 6.07) is 6.63. The Hall–Kier alpha value is 0.490. The van der Waals surface area contributed by atoms with E-state index in [1.165, 1.54) is 24.3 Å². The molecule has 0 atom stereocenters. The lowest BCUT2D eigenvalue weighted by Gasteiger charge is -1.97. The molecule has 2 aromatic rings. The molecule has 1 aromatic carbocycles. The number of hydrogen-bond acceptors (Lipinski definition) is 2. The van der Waals surface area contributed by atoms with Gasteiger partial charge < -0.3 is 0 Å². The first-order valence-electron chi connectivity index (χ1n) is 4.07. The predicted molar refractivity (Wildman–Crippen MR) is 73.9 cm³/mol. The third-order valence-electron chi connectivity index (χ3n) is 2.03. The largest absolute Gasteiger partial charge is 0.127 e. The number of thiophene rings is 1. The minimum Gasteiger partial charge on any atom is -0.127 e. The highest BCUT2D eigenvalue weighted by molar-refractivity contribution is 9.11. The van der Waals surface area contributed by atoms with Crippen LogP contribution in [0.2, 0.25) is 0 Å². The van der Waals surface area contributed by atoms with Crippen molar-refractivity contribution >= 4 is 65.0 Å². The fourth-order valence-electron chi connectivity index (χ4n) is 1.37. The van der Waals surface area contributed by atoms with Crippen molar-refractivity contribution in [1.29, 1.82) is 0 Å². The zero-order valence-electron chi connectivity index (χ0n) is 7.51. The van der Waals surface area contributed by atoms with Gasteiger partial charge in [0, 0.05) is 20.3 Å². The lowest BCUT2D eigenvalue weighted by atomic mass is 10.2. The molecule has 14 heavy (non-hydrogen) atoms. The number of rotatable bonds is 2. The zero-order valence-corrected chi connectivity index (χ0v) is 12.3. The van der Waals surface area contributed by atoms with Crippen LogP contribution >= 0.6 is 55.0 Å². The van der Waals surface area contributed by atoms with Crippen LogP contribution in [-0.4, -0.2) is 6.26 Å². The average Bonchev–Trinajstić information content (AvgIpc) is 2.52. The van der Waals surface area contributed by atoms with Gasteiger partial charge in [-0.25, -0.2) is 0 Å². The summed E-state index contributed by atoms with van der Waals surface area (Å²) >= 11 is 10.7. The molecule has 1 aromatic heterocycles. The number of thioether (sulfide) groups is 1. The Kier molecular flexibility index (Phi) is 3.58. The van der Waals surface area contributed by atoms with Crippen LogP contribution in [0.1, 0.15) is 5.56 Å². The van der Waals surface area contributed by atoms with Gasteiger partial charge in [-0.15, -0.1) is 23.1 Å². The number of benzene rings is 1. The molecule has 2 rings (SSSR count). The van der Waals surface area contributed by atoms with E-state index in [1.54, 1.807) is 23.1 Å². The molecule has 0 N–H and O–H groups in total. The van der Waals surface area contributed by atoms with Gasteiger partial charge in [0.2, 0.25) is 0 Å². The lowest BCUT2D eigenvalue weighted by Crippen LogP contribution is -1.75. The van der Waals surface area contributed by atoms with Gasteiger partial charge in [0.1, 0.15) is 0 Å². The summed E-state index contributed by atoms with van der Waals surface area (Å²) in [5.41, 5.74) is 1.33. The minimum atomic E-state index is 0.921. The Balaban J connectivity index is 2.71. The van der Waals surface area contributed by atoms with Gasteiger partial charge in [-0.1, -0.05) is 22.0 Å². The van der Waals surface area contributed by atoms with Gasteiger partial charge in [-0.05, 0) is 39.9 Å². The second-order valence-electron chi connectivity index (χ2n) is 2.87. The van der Waals surface area contributed by atoms with Crippen LogP contribution in [0.4, 0.5) is 0 Å². The molecule has 0 bridgehead atoms. The van der Waals surface area contributed by atoms with Crippen LogP contribution in [0.15, 0.2) is 26.9 Å². The Labute approximate surface area is 108 Å². The highest BCUT2D eigenvalue weighted by atomic mass is 79.9. The predicted octanol–water partition coefficient (Wildman–Crippen LogP) is 5.28. The third kappa shape index (κ3) is 1.90. The third-order valence-corrected chi connectivity index (χ3v) is 5.74. The summed E-state index contributed by atoms with van der Waals surface area (Å²) in [5.74, 6) is 0. The quantitative estimate of drug-likeness (QED) is 0.523. The van der Waals surface area contributed by atoms with E-state index in [1.807, 2.05) is 0 Å². The first-order chi connectivity index (χ1) is 6.76. The molecule has 1 heterocycles. The molecule has 0 saturated carbocycles. The molecule has 0 saturated heterocycles. The molecule has 0 spiro atoms. The normalized spacial score (nSPS) is 11.1. The van der Waals surface area contributed by atoms with E-state index in [0.29, 0.717) is 0 Å². The van der Waals surface area contributed by atoms with E-state index in [9.17, 15) is 0 Å². The van der Waals surface area contributed by atoms with E-state index in [2.05, 4.69) is 56.3 Å². The highest BCUT2D eigenvalue weighted by Crippen LogP contribution is 2.41. The maximum atomic E-state index is 3.60. The van der Waals surface area contributed by atoms with Crippen LogP contribution < -0.4 is 0 Å². The highest BCUT2D eigenvalue weighted by Gasteiger charge is 2.09. The second-order valence-corrected chi connectivity index (χ2v) is 6.62. The fourth-order valence-corrected chi connectivity index (χ4v) is 4.73. The Morgan fingerprint density at radius 3 is 2.86 bits per heavy atom. The number of halogens is 2. The molecular formula is C10H8Br2S2. The number of hydrogen-bond donors (Lipinski definition) is 0. The Bertz CT molecular complexity index is 462.